The normalized spacial score (nSPS) is 15.8. The first kappa shape index (κ1) is 13.8. The molecule has 0 radical (unpaired) electrons. The van der Waals surface area contributed by atoms with E-state index in [4.69, 9.17) is 0 Å². The summed E-state index contributed by atoms with van der Waals surface area (Å²) >= 11 is 3.50. The van der Waals surface area contributed by atoms with Gasteiger partial charge in [-0.2, -0.15) is 5.10 Å². The monoisotopic (exact) mass is 333 g/mol. The molecule has 3 rings (SSSR count). The quantitative estimate of drug-likeness (QED) is 0.894. The van der Waals surface area contributed by atoms with Crippen LogP contribution < -0.4 is 5.32 Å². The molecule has 1 N–H and O–H groups in total. The van der Waals surface area contributed by atoms with Crippen molar-refractivity contribution in [3.8, 4) is 0 Å². The van der Waals surface area contributed by atoms with Crippen molar-refractivity contribution in [3.63, 3.8) is 0 Å². The highest BCUT2D eigenvalue weighted by atomic mass is 79.9. The molecule has 0 unspecified atom stereocenters. The maximum Gasteiger partial charge on any atom is 0.0762 e. The molecule has 0 atom stereocenters. The summed E-state index contributed by atoms with van der Waals surface area (Å²) in [6.45, 7) is 1.70. The molecule has 1 aromatic carbocycles. The smallest absolute Gasteiger partial charge is 0.0762 e. The number of rotatable bonds is 5. The predicted octanol–water partition coefficient (Wildman–Crippen LogP) is 4.05. The summed E-state index contributed by atoms with van der Waals surface area (Å²) in [5.41, 5.74) is 2.42. The van der Waals surface area contributed by atoms with E-state index in [0.717, 1.165) is 23.3 Å². The molecule has 0 aliphatic heterocycles. The second-order valence-electron chi connectivity index (χ2n) is 5.46. The third-order valence-electron chi connectivity index (χ3n) is 3.89. The highest BCUT2D eigenvalue weighted by Gasteiger charge is 2.17. The standard InChI is InChI=1S/C16H20BrN3/c17-14-5-3-4-13(10-14)11-18-12-15-8-9-20(19-15)16-6-1-2-7-16/h3-5,8-10,16,18H,1-2,6-7,11-12H2. The molecular weight excluding hydrogens is 314 g/mol. The Balaban J connectivity index is 1.51. The summed E-state index contributed by atoms with van der Waals surface area (Å²) in [6, 6.07) is 11.2. The van der Waals surface area contributed by atoms with Gasteiger partial charge in [0, 0.05) is 23.8 Å². The molecular formula is C16H20BrN3. The molecule has 2 aromatic rings. The number of hydrogen-bond donors (Lipinski definition) is 1. The van der Waals surface area contributed by atoms with E-state index >= 15 is 0 Å². The first-order valence-corrected chi connectivity index (χ1v) is 8.10. The van der Waals surface area contributed by atoms with E-state index in [9.17, 15) is 0 Å². The van der Waals surface area contributed by atoms with Gasteiger partial charge in [-0.15, -0.1) is 0 Å². The highest BCUT2D eigenvalue weighted by molar-refractivity contribution is 9.10. The van der Waals surface area contributed by atoms with Crippen molar-refractivity contribution < 1.29 is 0 Å². The lowest BCUT2D eigenvalue weighted by Crippen LogP contribution is -2.14. The number of hydrogen-bond acceptors (Lipinski definition) is 2. The van der Waals surface area contributed by atoms with Gasteiger partial charge in [-0.3, -0.25) is 4.68 Å². The summed E-state index contributed by atoms with van der Waals surface area (Å²) in [4.78, 5) is 0. The molecule has 20 heavy (non-hydrogen) atoms. The summed E-state index contributed by atoms with van der Waals surface area (Å²) in [5, 5.41) is 8.14. The molecule has 1 saturated carbocycles. The van der Waals surface area contributed by atoms with Gasteiger partial charge in [-0.05, 0) is 36.6 Å². The van der Waals surface area contributed by atoms with E-state index < -0.39 is 0 Å². The number of nitrogens with zero attached hydrogens (tertiary/aromatic N) is 2. The number of aromatic nitrogens is 2. The fourth-order valence-corrected chi connectivity index (χ4v) is 3.27. The van der Waals surface area contributed by atoms with Crippen LogP contribution >= 0.6 is 15.9 Å². The van der Waals surface area contributed by atoms with Crippen molar-refractivity contribution in [2.45, 2.75) is 44.8 Å². The molecule has 4 heteroatoms. The molecule has 106 valence electrons. The topological polar surface area (TPSA) is 29.9 Å². The third kappa shape index (κ3) is 3.49. The lowest BCUT2D eigenvalue weighted by Gasteiger charge is -2.09. The van der Waals surface area contributed by atoms with E-state index in [0.29, 0.717) is 6.04 Å². The van der Waals surface area contributed by atoms with Crippen LogP contribution in [0.1, 0.15) is 43.0 Å². The van der Waals surface area contributed by atoms with E-state index in [1.807, 2.05) is 6.07 Å². The molecule has 1 heterocycles. The van der Waals surface area contributed by atoms with Gasteiger partial charge in [0.05, 0.1) is 11.7 Å². The molecule has 1 aliphatic rings. The Kier molecular flexibility index (Phi) is 4.53. The summed E-state index contributed by atoms with van der Waals surface area (Å²) in [7, 11) is 0. The second kappa shape index (κ2) is 6.55. The summed E-state index contributed by atoms with van der Waals surface area (Å²) in [5.74, 6) is 0. The zero-order chi connectivity index (χ0) is 13.8. The Morgan fingerprint density at radius 1 is 1.20 bits per heavy atom. The van der Waals surface area contributed by atoms with Crippen molar-refractivity contribution in [1.29, 1.82) is 0 Å². The van der Waals surface area contributed by atoms with Crippen LogP contribution in [0.25, 0.3) is 0 Å². The van der Waals surface area contributed by atoms with Crippen LogP contribution in [0.5, 0.6) is 0 Å². The summed E-state index contributed by atoms with van der Waals surface area (Å²) < 4.78 is 3.28. The third-order valence-corrected chi connectivity index (χ3v) is 4.38. The van der Waals surface area contributed by atoms with Crippen molar-refractivity contribution in [3.05, 3.63) is 52.3 Å². The van der Waals surface area contributed by atoms with Gasteiger partial charge >= 0.3 is 0 Å². The lowest BCUT2D eigenvalue weighted by atomic mass is 10.2. The Morgan fingerprint density at radius 3 is 2.85 bits per heavy atom. The van der Waals surface area contributed by atoms with Gasteiger partial charge in [0.15, 0.2) is 0 Å². The molecule has 1 fully saturated rings. The zero-order valence-corrected chi connectivity index (χ0v) is 13.1. The first-order valence-electron chi connectivity index (χ1n) is 7.30. The van der Waals surface area contributed by atoms with Gasteiger partial charge in [-0.1, -0.05) is 40.9 Å². The Bertz CT molecular complexity index is 558. The Labute approximate surface area is 128 Å². The molecule has 0 saturated heterocycles. The van der Waals surface area contributed by atoms with Crippen molar-refractivity contribution >= 4 is 15.9 Å². The molecule has 3 nitrogen and oxygen atoms in total. The van der Waals surface area contributed by atoms with Crippen LogP contribution in [0.2, 0.25) is 0 Å². The molecule has 0 bridgehead atoms. The maximum absolute atomic E-state index is 4.69. The van der Waals surface area contributed by atoms with Gasteiger partial charge in [0.2, 0.25) is 0 Å². The molecule has 0 amide bonds. The van der Waals surface area contributed by atoms with Crippen LogP contribution in [-0.4, -0.2) is 9.78 Å². The molecule has 0 spiro atoms. The highest BCUT2D eigenvalue weighted by Crippen LogP contribution is 2.28. The van der Waals surface area contributed by atoms with E-state index in [2.05, 4.69) is 61.5 Å². The number of halogens is 1. The second-order valence-corrected chi connectivity index (χ2v) is 6.37. The fourth-order valence-electron chi connectivity index (χ4n) is 2.83. The summed E-state index contributed by atoms with van der Waals surface area (Å²) in [6.07, 6.45) is 7.40. The van der Waals surface area contributed by atoms with Gasteiger partial charge < -0.3 is 5.32 Å². The predicted molar refractivity (Wildman–Crippen MR) is 84.4 cm³/mol. The molecule has 1 aliphatic carbocycles. The fraction of sp³-hybridized carbons (Fsp3) is 0.438. The SMILES string of the molecule is Brc1cccc(CNCc2ccn(C3CCCC3)n2)c1. The lowest BCUT2D eigenvalue weighted by molar-refractivity contribution is 0.461. The number of benzene rings is 1. The van der Waals surface area contributed by atoms with Gasteiger partial charge in [0.1, 0.15) is 0 Å². The van der Waals surface area contributed by atoms with Gasteiger partial charge in [-0.25, -0.2) is 0 Å². The van der Waals surface area contributed by atoms with Crippen LogP contribution in [-0.2, 0) is 13.1 Å². The maximum atomic E-state index is 4.69. The van der Waals surface area contributed by atoms with E-state index in [1.54, 1.807) is 0 Å². The van der Waals surface area contributed by atoms with Crippen LogP contribution in [0.4, 0.5) is 0 Å². The minimum atomic E-state index is 0.633. The van der Waals surface area contributed by atoms with Crippen LogP contribution in [0, 0.1) is 0 Å². The van der Waals surface area contributed by atoms with Crippen molar-refractivity contribution in [2.24, 2.45) is 0 Å². The average Bonchev–Trinajstić information content (AvgIpc) is 3.09. The molecule has 1 aromatic heterocycles. The van der Waals surface area contributed by atoms with E-state index in [1.165, 1.54) is 31.2 Å². The van der Waals surface area contributed by atoms with Crippen LogP contribution in [0.15, 0.2) is 41.0 Å². The minimum Gasteiger partial charge on any atom is -0.307 e. The van der Waals surface area contributed by atoms with Crippen LogP contribution in [0.3, 0.4) is 0 Å². The zero-order valence-electron chi connectivity index (χ0n) is 11.6. The van der Waals surface area contributed by atoms with E-state index in [-0.39, 0.29) is 0 Å². The van der Waals surface area contributed by atoms with Crippen molar-refractivity contribution in [1.82, 2.24) is 15.1 Å². The first-order chi connectivity index (χ1) is 9.81. The Hall–Kier alpha value is -1.13. The average molecular weight is 334 g/mol. The van der Waals surface area contributed by atoms with Crippen molar-refractivity contribution in [2.75, 3.05) is 0 Å². The minimum absolute atomic E-state index is 0.633. The Morgan fingerprint density at radius 2 is 2.05 bits per heavy atom. The van der Waals surface area contributed by atoms with Gasteiger partial charge in [0.25, 0.3) is 0 Å². The number of nitrogens with one attached hydrogen (secondary N) is 1. The largest absolute Gasteiger partial charge is 0.307 e.